The molecule has 7 aliphatic rings. The van der Waals surface area contributed by atoms with Crippen LogP contribution in [0, 0.1) is 88.8 Å². The van der Waals surface area contributed by atoms with Crippen molar-refractivity contribution in [2.75, 3.05) is 0 Å². The zero-order chi connectivity index (χ0) is 51.4. The molecule has 0 radical (unpaired) electrons. The van der Waals surface area contributed by atoms with Crippen LogP contribution >= 0.6 is 0 Å². The topological polar surface area (TPSA) is 0 Å². The summed E-state index contributed by atoms with van der Waals surface area (Å²) in [7, 11) is 0. The second-order valence-electron chi connectivity index (χ2n) is 25.3. The van der Waals surface area contributed by atoms with Gasteiger partial charge in [-0.1, -0.05) is 123 Å². The van der Waals surface area contributed by atoms with Gasteiger partial charge in [0.05, 0.1) is 0 Å². The van der Waals surface area contributed by atoms with Gasteiger partial charge in [0.15, 0.2) is 0 Å². The molecule has 0 saturated heterocycles. The minimum absolute atomic E-state index is 0.107. The predicted octanol–water partition coefficient (Wildman–Crippen LogP) is 21.0. The van der Waals surface area contributed by atoms with Crippen LogP contribution in [0.15, 0.2) is 0 Å². The molecule has 0 aromatic heterocycles. The van der Waals surface area contributed by atoms with Gasteiger partial charge < -0.3 is 0 Å². The number of halogens is 9. The van der Waals surface area contributed by atoms with Crippen LogP contribution in [0.3, 0.4) is 0 Å². The maximum Gasteiger partial charge on any atom is 0.248 e. The highest BCUT2D eigenvalue weighted by molar-refractivity contribution is 4.87. The Labute approximate surface area is 408 Å². The Morgan fingerprint density at radius 1 is 0.299 bits per heavy atom. The van der Waals surface area contributed by atoms with Crippen LogP contribution < -0.4 is 0 Å². The van der Waals surface area contributed by atoms with Crippen LogP contribution in [0.1, 0.15) is 245 Å². The van der Waals surface area contributed by atoms with Gasteiger partial charge in [0.2, 0.25) is 17.8 Å². The third-order valence-corrected chi connectivity index (χ3v) is 17.1. The second-order valence-corrected chi connectivity index (χ2v) is 25.3. The molecule has 5 atom stereocenters. The highest BCUT2D eigenvalue weighted by Crippen LogP contribution is 2.46. The van der Waals surface area contributed by atoms with Crippen molar-refractivity contribution in [3.8, 4) is 0 Å². The van der Waals surface area contributed by atoms with E-state index in [2.05, 4.69) is 76.2 Å². The minimum atomic E-state index is -2.36. The molecule has 0 aromatic rings. The Morgan fingerprint density at radius 2 is 0.642 bits per heavy atom. The van der Waals surface area contributed by atoms with E-state index in [9.17, 15) is 39.5 Å². The van der Waals surface area contributed by atoms with E-state index < -0.39 is 36.3 Å². The highest BCUT2D eigenvalue weighted by atomic mass is 19.3. The molecule has 0 N–H and O–H groups in total. The van der Waals surface area contributed by atoms with Crippen molar-refractivity contribution >= 4 is 0 Å². The molecule has 402 valence electrons. The molecular formula is C58H107F9. The lowest BCUT2D eigenvalue weighted by molar-refractivity contribution is -0.122. The molecule has 7 aliphatic carbocycles. The summed E-state index contributed by atoms with van der Waals surface area (Å²) < 4.78 is 112. The van der Waals surface area contributed by atoms with E-state index in [4.69, 9.17) is 0 Å². The van der Waals surface area contributed by atoms with E-state index in [1.165, 1.54) is 25.7 Å². The fourth-order valence-corrected chi connectivity index (χ4v) is 11.0. The molecular weight excluding hydrogens is 868 g/mol. The van der Waals surface area contributed by atoms with Gasteiger partial charge in [-0.05, 0) is 172 Å². The molecule has 67 heavy (non-hydrogen) atoms. The van der Waals surface area contributed by atoms with Crippen LogP contribution in [0.4, 0.5) is 39.5 Å². The first-order valence-corrected chi connectivity index (χ1v) is 27.9. The maximum absolute atomic E-state index is 12.6. The summed E-state index contributed by atoms with van der Waals surface area (Å²) in [6.45, 7) is 32.6. The molecule has 7 saturated carbocycles. The zero-order valence-electron chi connectivity index (χ0n) is 45.9. The zero-order valence-corrected chi connectivity index (χ0v) is 45.9. The van der Waals surface area contributed by atoms with Crippen LogP contribution in [-0.4, -0.2) is 36.3 Å². The van der Waals surface area contributed by atoms with Gasteiger partial charge in [0, 0.05) is 38.5 Å². The lowest BCUT2D eigenvalue weighted by atomic mass is 9.74. The summed E-state index contributed by atoms with van der Waals surface area (Å²) in [5.74, 6) is 2.72. The normalized spacial score (nSPS) is 32.2. The fourth-order valence-electron chi connectivity index (χ4n) is 11.0. The Kier molecular flexibility index (Phi) is 29.9. The molecule has 0 bridgehead atoms. The standard InChI is InChI=1S/C10H20.C9H16F2.C9H17F.C8H14F2.C8H15F.C7H12F2.C7H13F/c1-8(2)10-6-4-5-9(3)7-10;1-7(2)8-3-5-9(10,11)6-4-8;1-7(2)8-3-5-9(10)6-4-8;1-6(2)7-3-4-8(9,10)5-7;1-6(2)7-3-4-8(9)5-7;1-5(2)6-3-7(8,9)4-6;1-5(2)6-3-7(8)4-6/h8-10H,4-7H2,1-3H3;7-8H,3-6H2,1-2H3;7-9H,3-6H2,1-2H3;6-7H,3-5H2,1-2H3;6-8H,3-5H2,1-2H3;5-6H,3-4H2,1-2H3;5-7H,3-4H2,1-2H3. The quantitative estimate of drug-likeness (QED) is 0.223. The van der Waals surface area contributed by atoms with Crippen molar-refractivity contribution in [2.24, 2.45) is 88.8 Å². The number of hydrogen-bond donors (Lipinski definition) is 0. The lowest BCUT2D eigenvalue weighted by Gasteiger charge is -2.37. The Balaban J connectivity index is 0.000000392. The van der Waals surface area contributed by atoms with Crippen LogP contribution in [-0.2, 0) is 0 Å². The van der Waals surface area contributed by atoms with Gasteiger partial charge in [0.25, 0.3) is 0 Å². The average Bonchev–Trinajstić information content (AvgIpc) is 3.82. The van der Waals surface area contributed by atoms with Crippen molar-refractivity contribution in [1.29, 1.82) is 0 Å². The van der Waals surface area contributed by atoms with Crippen molar-refractivity contribution < 1.29 is 39.5 Å². The highest BCUT2D eigenvalue weighted by Gasteiger charge is 2.46. The first-order valence-electron chi connectivity index (χ1n) is 27.9. The molecule has 0 aromatic carbocycles. The Morgan fingerprint density at radius 3 is 0.910 bits per heavy atom. The monoisotopic (exact) mass is 975 g/mol. The summed E-state index contributed by atoms with van der Waals surface area (Å²) in [5, 5.41) is 0. The average molecular weight is 975 g/mol. The van der Waals surface area contributed by atoms with Crippen molar-refractivity contribution in [2.45, 2.75) is 281 Å². The molecule has 0 aliphatic heterocycles. The van der Waals surface area contributed by atoms with E-state index in [-0.39, 0.29) is 50.4 Å². The van der Waals surface area contributed by atoms with Gasteiger partial charge in [-0.25, -0.2) is 39.5 Å². The lowest BCUT2D eigenvalue weighted by Crippen LogP contribution is -2.37. The molecule has 0 heterocycles. The van der Waals surface area contributed by atoms with E-state index in [1.54, 1.807) is 0 Å². The largest absolute Gasteiger partial charge is 0.248 e. The first kappa shape index (κ1) is 64.4. The molecule has 5 unspecified atom stereocenters. The van der Waals surface area contributed by atoms with Crippen molar-refractivity contribution in [1.82, 2.24) is 0 Å². The van der Waals surface area contributed by atoms with Gasteiger partial charge in [0.1, 0.15) is 18.5 Å². The van der Waals surface area contributed by atoms with Gasteiger partial charge in [-0.15, -0.1) is 0 Å². The summed E-state index contributed by atoms with van der Waals surface area (Å²) in [5.41, 5.74) is 0. The van der Waals surface area contributed by atoms with Gasteiger partial charge in [-0.2, -0.15) is 0 Å². The van der Waals surface area contributed by atoms with Crippen LogP contribution in [0.5, 0.6) is 0 Å². The van der Waals surface area contributed by atoms with E-state index in [0.717, 1.165) is 87.4 Å². The third kappa shape index (κ3) is 27.7. The number of hydrogen-bond acceptors (Lipinski definition) is 0. The molecule has 9 heteroatoms. The first-order chi connectivity index (χ1) is 30.8. The maximum atomic E-state index is 12.6. The van der Waals surface area contributed by atoms with E-state index in [0.29, 0.717) is 66.6 Å². The van der Waals surface area contributed by atoms with E-state index in [1.807, 2.05) is 27.7 Å². The predicted molar refractivity (Wildman–Crippen MR) is 269 cm³/mol. The summed E-state index contributed by atoms with van der Waals surface area (Å²) in [6, 6.07) is 0. The molecule has 7 fully saturated rings. The molecule has 0 amide bonds. The number of rotatable bonds is 7. The van der Waals surface area contributed by atoms with Crippen LogP contribution in [0.2, 0.25) is 0 Å². The number of alkyl halides is 9. The fraction of sp³-hybridized carbons (Fsp3) is 1.00. The third-order valence-electron chi connectivity index (χ3n) is 17.1. The van der Waals surface area contributed by atoms with Gasteiger partial charge >= 0.3 is 0 Å². The SMILES string of the molecule is CC(C)C1CC(F)(F)C1.CC(C)C1CC(F)C1.CC(C)C1CCC(F)(F)C1.CC(C)C1CCC(F)(F)CC1.CC(C)C1CCC(F)C1.CC(C)C1CCC(F)CC1.CC1CCCC(C(C)C)C1. The molecule has 7 rings (SSSR count). The second kappa shape index (κ2) is 31.1. The van der Waals surface area contributed by atoms with Crippen molar-refractivity contribution in [3.63, 3.8) is 0 Å². The summed E-state index contributed by atoms with van der Waals surface area (Å²) in [4.78, 5) is 0. The molecule has 0 nitrogen and oxygen atoms in total. The Hall–Kier alpha value is -0.630. The van der Waals surface area contributed by atoms with Crippen molar-refractivity contribution in [3.05, 3.63) is 0 Å². The smallest absolute Gasteiger partial charge is 0.247 e. The minimum Gasteiger partial charge on any atom is -0.247 e. The van der Waals surface area contributed by atoms with E-state index >= 15 is 0 Å². The summed E-state index contributed by atoms with van der Waals surface area (Å²) in [6.07, 6.45) is 15.5. The molecule has 0 spiro atoms. The van der Waals surface area contributed by atoms with Gasteiger partial charge in [-0.3, -0.25) is 0 Å². The Bertz CT molecular complexity index is 1210. The summed E-state index contributed by atoms with van der Waals surface area (Å²) >= 11 is 0. The van der Waals surface area contributed by atoms with Crippen LogP contribution in [0.25, 0.3) is 0 Å².